The number of esters is 1. The van der Waals surface area contributed by atoms with Gasteiger partial charge in [0.05, 0.1) is 12.6 Å². The number of halogens is 1. The summed E-state index contributed by atoms with van der Waals surface area (Å²) in [6.07, 6.45) is 0. The number of nitrogens with zero attached hydrogens (tertiary/aromatic N) is 2. The largest absolute Gasteiger partial charge is 0.467 e. The number of hydrogen-bond donors (Lipinski definition) is 1. The van der Waals surface area contributed by atoms with Crippen LogP contribution in [0.3, 0.4) is 0 Å². The third kappa shape index (κ3) is 2.99. The average molecular weight is 294 g/mol. The Morgan fingerprint density at radius 3 is 2.65 bits per heavy atom. The zero-order valence-corrected chi connectivity index (χ0v) is 12.3. The number of nitrogens with one attached hydrogen (secondary N) is 1. The minimum Gasteiger partial charge on any atom is -0.467 e. The molecular weight excluding hydrogens is 278 g/mol. The predicted molar refractivity (Wildman–Crippen MR) is 78.8 cm³/mol. The number of rotatable bonds is 4. The van der Waals surface area contributed by atoms with Crippen LogP contribution in [0.25, 0.3) is 10.9 Å². The van der Waals surface area contributed by atoms with Gasteiger partial charge < -0.3 is 10.1 Å². The Hall–Kier alpha value is -1.88. The van der Waals surface area contributed by atoms with E-state index < -0.39 is 6.04 Å². The minimum atomic E-state index is -0.491. The molecule has 6 heteroatoms. The van der Waals surface area contributed by atoms with Crippen LogP contribution in [0.2, 0.25) is 5.28 Å². The van der Waals surface area contributed by atoms with E-state index in [0.29, 0.717) is 5.82 Å². The van der Waals surface area contributed by atoms with Crippen molar-refractivity contribution < 1.29 is 9.53 Å². The van der Waals surface area contributed by atoms with Crippen LogP contribution >= 0.6 is 11.6 Å². The van der Waals surface area contributed by atoms with Gasteiger partial charge in [0.1, 0.15) is 11.9 Å². The fraction of sp³-hybridized carbons (Fsp3) is 0.357. The molecule has 0 spiro atoms. The van der Waals surface area contributed by atoms with E-state index in [4.69, 9.17) is 16.3 Å². The van der Waals surface area contributed by atoms with Crippen LogP contribution in [0.4, 0.5) is 5.82 Å². The number of para-hydroxylation sites is 1. The van der Waals surface area contributed by atoms with Gasteiger partial charge in [0.2, 0.25) is 5.28 Å². The van der Waals surface area contributed by atoms with Crippen molar-refractivity contribution in [3.05, 3.63) is 29.5 Å². The molecule has 1 N–H and O–H groups in total. The molecular formula is C14H16ClN3O2. The van der Waals surface area contributed by atoms with E-state index in [1.165, 1.54) is 7.11 Å². The van der Waals surface area contributed by atoms with Crippen molar-refractivity contribution in [2.75, 3.05) is 12.4 Å². The number of methoxy groups -OCH3 is 1. The summed E-state index contributed by atoms with van der Waals surface area (Å²) >= 11 is 5.92. The van der Waals surface area contributed by atoms with Gasteiger partial charge >= 0.3 is 5.97 Å². The van der Waals surface area contributed by atoms with Crippen molar-refractivity contribution >= 4 is 34.3 Å². The van der Waals surface area contributed by atoms with E-state index in [1.807, 2.05) is 38.1 Å². The number of ether oxygens (including phenoxy) is 1. The quantitative estimate of drug-likeness (QED) is 0.693. The lowest BCUT2D eigenvalue weighted by Gasteiger charge is -2.21. The Morgan fingerprint density at radius 2 is 2.00 bits per heavy atom. The lowest BCUT2D eigenvalue weighted by molar-refractivity contribution is -0.142. The molecule has 0 radical (unpaired) electrons. The van der Waals surface area contributed by atoms with Crippen LogP contribution in [0.5, 0.6) is 0 Å². The van der Waals surface area contributed by atoms with Gasteiger partial charge in [-0.05, 0) is 29.7 Å². The van der Waals surface area contributed by atoms with Crippen molar-refractivity contribution in [3.8, 4) is 0 Å². The molecule has 0 aliphatic rings. The second kappa shape index (κ2) is 6.05. The molecule has 106 valence electrons. The van der Waals surface area contributed by atoms with Gasteiger partial charge in [-0.25, -0.2) is 14.8 Å². The van der Waals surface area contributed by atoms with Crippen molar-refractivity contribution in [3.63, 3.8) is 0 Å². The van der Waals surface area contributed by atoms with Gasteiger partial charge in [0.15, 0.2) is 0 Å². The molecule has 1 aromatic carbocycles. The van der Waals surface area contributed by atoms with Gasteiger partial charge in [-0.15, -0.1) is 0 Å². The maximum Gasteiger partial charge on any atom is 0.328 e. The number of fused-ring (bicyclic) bond motifs is 1. The molecule has 0 saturated carbocycles. The standard InChI is InChI=1S/C14H16ClN3O2/c1-8(2)11(13(19)20-3)17-12-9-6-4-5-7-10(9)16-14(15)18-12/h4-8,11H,1-3H3,(H,16,17,18). The maximum absolute atomic E-state index is 11.8. The molecule has 0 amide bonds. The molecule has 2 aromatic rings. The summed E-state index contributed by atoms with van der Waals surface area (Å²) in [5.74, 6) is 0.249. The summed E-state index contributed by atoms with van der Waals surface area (Å²) < 4.78 is 4.81. The lowest BCUT2D eigenvalue weighted by Crippen LogP contribution is -2.35. The van der Waals surface area contributed by atoms with E-state index in [-0.39, 0.29) is 17.2 Å². The third-order valence-corrected chi connectivity index (χ3v) is 3.16. The second-order valence-electron chi connectivity index (χ2n) is 4.75. The number of carbonyl (C=O) groups excluding carboxylic acids is 1. The van der Waals surface area contributed by atoms with Crippen LogP contribution in [-0.2, 0) is 9.53 Å². The van der Waals surface area contributed by atoms with Crippen LogP contribution in [0, 0.1) is 5.92 Å². The number of aromatic nitrogens is 2. The first-order valence-electron chi connectivity index (χ1n) is 6.29. The van der Waals surface area contributed by atoms with Gasteiger partial charge in [-0.1, -0.05) is 26.0 Å². The molecule has 0 bridgehead atoms. The first-order chi connectivity index (χ1) is 9.52. The first-order valence-corrected chi connectivity index (χ1v) is 6.67. The van der Waals surface area contributed by atoms with E-state index >= 15 is 0 Å². The van der Waals surface area contributed by atoms with E-state index in [1.54, 1.807) is 0 Å². The fourth-order valence-corrected chi connectivity index (χ4v) is 2.11. The van der Waals surface area contributed by atoms with E-state index in [0.717, 1.165) is 10.9 Å². The normalized spacial score (nSPS) is 12.4. The van der Waals surface area contributed by atoms with Crippen molar-refractivity contribution in [2.24, 2.45) is 5.92 Å². The van der Waals surface area contributed by atoms with Gasteiger partial charge in [-0.2, -0.15) is 0 Å². The molecule has 1 unspecified atom stereocenters. The molecule has 1 aromatic heterocycles. The highest BCUT2D eigenvalue weighted by Gasteiger charge is 2.24. The number of hydrogen-bond acceptors (Lipinski definition) is 5. The molecule has 20 heavy (non-hydrogen) atoms. The molecule has 5 nitrogen and oxygen atoms in total. The molecule has 2 rings (SSSR count). The Bertz CT molecular complexity index is 631. The summed E-state index contributed by atoms with van der Waals surface area (Å²) in [5.41, 5.74) is 0.724. The number of benzene rings is 1. The SMILES string of the molecule is COC(=O)C(Nc1nc(Cl)nc2ccccc12)C(C)C. The summed E-state index contributed by atoms with van der Waals surface area (Å²) in [5, 5.41) is 4.05. The molecule has 1 heterocycles. The zero-order valence-electron chi connectivity index (χ0n) is 11.6. The first kappa shape index (κ1) is 14.5. The summed E-state index contributed by atoms with van der Waals surface area (Å²) in [6, 6.07) is 6.98. The van der Waals surface area contributed by atoms with E-state index in [9.17, 15) is 4.79 Å². The Labute approximate surface area is 122 Å². The monoisotopic (exact) mass is 293 g/mol. The van der Waals surface area contributed by atoms with Crippen LogP contribution in [0.15, 0.2) is 24.3 Å². The molecule has 0 fully saturated rings. The number of anilines is 1. The van der Waals surface area contributed by atoms with Crippen LogP contribution in [0.1, 0.15) is 13.8 Å². The van der Waals surface area contributed by atoms with E-state index in [2.05, 4.69) is 15.3 Å². The molecule has 1 atom stereocenters. The topological polar surface area (TPSA) is 64.1 Å². The van der Waals surface area contributed by atoms with Gasteiger partial charge in [-0.3, -0.25) is 0 Å². The molecule has 0 aliphatic heterocycles. The fourth-order valence-electron chi connectivity index (χ4n) is 1.93. The molecule has 0 saturated heterocycles. The zero-order chi connectivity index (χ0) is 14.7. The smallest absolute Gasteiger partial charge is 0.328 e. The highest BCUT2D eigenvalue weighted by atomic mass is 35.5. The highest BCUT2D eigenvalue weighted by Crippen LogP contribution is 2.23. The van der Waals surface area contributed by atoms with Crippen molar-refractivity contribution in [1.29, 1.82) is 0 Å². The summed E-state index contributed by atoms with van der Waals surface area (Å²) in [4.78, 5) is 20.1. The predicted octanol–water partition coefficient (Wildman–Crippen LogP) is 2.89. The van der Waals surface area contributed by atoms with Crippen molar-refractivity contribution in [1.82, 2.24) is 9.97 Å². The Morgan fingerprint density at radius 1 is 1.30 bits per heavy atom. The third-order valence-electron chi connectivity index (χ3n) is 2.99. The average Bonchev–Trinajstić information content (AvgIpc) is 2.43. The van der Waals surface area contributed by atoms with Crippen molar-refractivity contribution in [2.45, 2.75) is 19.9 Å². The minimum absolute atomic E-state index is 0.0509. The van der Waals surface area contributed by atoms with Crippen LogP contribution in [-0.4, -0.2) is 29.1 Å². The van der Waals surface area contributed by atoms with Crippen LogP contribution < -0.4 is 5.32 Å². The van der Waals surface area contributed by atoms with Gasteiger partial charge in [0, 0.05) is 5.39 Å². The second-order valence-corrected chi connectivity index (χ2v) is 5.09. The maximum atomic E-state index is 11.8. The number of carbonyl (C=O) groups is 1. The summed E-state index contributed by atoms with van der Waals surface area (Å²) in [6.45, 7) is 3.86. The van der Waals surface area contributed by atoms with Gasteiger partial charge in [0.25, 0.3) is 0 Å². The highest BCUT2D eigenvalue weighted by molar-refractivity contribution is 6.28. The Balaban J connectivity index is 2.44. The Kier molecular flexibility index (Phi) is 4.39. The summed E-state index contributed by atoms with van der Waals surface area (Å²) in [7, 11) is 1.37. The molecule has 0 aliphatic carbocycles. The lowest BCUT2D eigenvalue weighted by atomic mass is 10.0.